The van der Waals surface area contributed by atoms with Gasteiger partial charge in [0.05, 0.1) is 17.6 Å². The number of pyridine rings is 1. The van der Waals surface area contributed by atoms with Crippen LogP contribution in [-0.2, 0) is 21.4 Å². The van der Waals surface area contributed by atoms with Crippen LogP contribution in [-0.4, -0.2) is 43.1 Å². The smallest absolute Gasteiger partial charge is 0.485 e. The third-order valence-corrected chi connectivity index (χ3v) is 5.45. The standard InChI is InChI=1S/C18H20BrN2O2.CHF3O3S/c1-23-18(22)21-9-5-8-17(21)15-10-16(19)13-20(12-15)11-14-6-3-2-4-7-14;2-1(3,4)8(5,6)7/h2-4,6-7,10,12-13,17H,5,8-9,11H2,1H3;(H,5,6,7)/q+1;/p-1. The first-order chi connectivity index (χ1) is 14.4. The van der Waals surface area contributed by atoms with E-state index in [4.69, 9.17) is 17.7 Å². The topological polar surface area (TPSA) is 90.6 Å². The van der Waals surface area contributed by atoms with E-state index in [9.17, 15) is 18.0 Å². The number of hydrogen-bond acceptors (Lipinski definition) is 5. The zero-order valence-corrected chi connectivity index (χ0v) is 18.8. The third-order valence-electron chi connectivity index (χ3n) is 4.45. The predicted octanol–water partition coefficient (Wildman–Crippen LogP) is 3.74. The second-order valence-electron chi connectivity index (χ2n) is 6.67. The number of carbonyl (C=O) groups excluding carboxylic acids is 1. The lowest BCUT2D eigenvalue weighted by Crippen LogP contribution is -2.36. The Labute approximate surface area is 186 Å². The highest BCUT2D eigenvalue weighted by Gasteiger charge is 2.37. The van der Waals surface area contributed by atoms with Crippen molar-refractivity contribution in [3.05, 3.63) is 64.4 Å². The number of likely N-dealkylation sites (tertiary alicyclic amines) is 1. The Morgan fingerprint density at radius 3 is 2.45 bits per heavy atom. The lowest BCUT2D eigenvalue weighted by atomic mass is 10.1. The van der Waals surface area contributed by atoms with Gasteiger partial charge in [0.25, 0.3) is 0 Å². The largest absolute Gasteiger partial charge is 0.741 e. The summed E-state index contributed by atoms with van der Waals surface area (Å²) >= 11 is 3.59. The first-order valence-electron chi connectivity index (χ1n) is 9.02. The Balaban J connectivity index is 0.000000366. The molecule has 7 nitrogen and oxygen atoms in total. The number of nitrogens with zero attached hydrogens (tertiary/aromatic N) is 2. The molecule has 1 unspecified atom stereocenters. The summed E-state index contributed by atoms with van der Waals surface area (Å²) in [6.07, 6.45) is 5.92. The molecule has 0 spiro atoms. The van der Waals surface area contributed by atoms with Gasteiger partial charge in [-0.05, 0) is 34.8 Å². The van der Waals surface area contributed by atoms with Gasteiger partial charge in [-0.1, -0.05) is 30.3 Å². The molecule has 0 saturated carbocycles. The van der Waals surface area contributed by atoms with Gasteiger partial charge < -0.3 is 14.2 Å². The molecule has 0 radical (unpaired) electrons. The molecule has 12 heteroatoms. The molecule has 0 aliphatic carbocycles. The molecule has 1 aromatic heterocycles. The first kappa shape index (κ1) is 25.1. The molecule has 2 heterocycles. The van der Waals surface area contributed by atoms with E-state index in [1.807, 2.05) is 23.1 Å². The molecule has 1 atom stereocenters. The van der Waals surface area contributed by atoms with Gasteiger partial charge in [-0.3, -0.25) is 0 Å². The van der Waals surface area contributed by atoms with Crippen LogP contribution in [0.5, 0.6) is 0 Å². The van der Waals surface area contributed by atoms with Crippen LogP contribution in [0.1, 0.15) is 30.0 Å². The number of methoxy groups -OCH3 is 1. The average molecular weight is 525 g/mol. The number of carbonyl (C=O) groups is 1. The Morgan fingerprint density at radius 1 is 1.29 bits per heavy atom. The maximum Gasteiger partial charge on any atom is 0.485 e. The van der Waals surface area contributed by atoms with Crippen molar-refractivity contribution in [3.63, 3.8) is 0 Å². The minimum absolute atomic E-state index is 0.0852. The fraction of sp³-hybridized carbons (Fsp3) is 0.368. The maximum atomic E-state index is 11.9. The van der Waals surface area contributed by atoms with E-state index >= 15 is 0 Å². The molecule has 2 aromatic rings. The van der Waals surface area contributed by atoms with Crippen molar-refractivity contribution in [1.29, 1.82) is 0 Å². The summed E-state index contributed by atoms with van der Waals surface area (Å²) in [7, 11) is -4.65. The van der Waals surface area contributed by atoms with Crippen LogP contribution < -0.4 is 4.57 Å². The fourth-order valence-electron chi connectivity index (χ4n) is 3.14. The van der Waals surface area contributed by atoms with Crippen LogP contribution in [0.4, 0.5) is 18.0 Å². The monoisotopic (exact) mass is 524 g/mol. The summed E-state index contributed by atoms with van der Waals surface area (Å²) in [6, 6.07) is 12.5. The highest BCUT2D eigenvalue weighted by atomic mass is 79.9. The van der Waals surface area contributed by atoms with Gasteiger partial charge in [-0.2, -0.15) is 17.7 Å². The van der Waals surface area contributed by atoms with Crippen molar-refractivity contribution < 1.29 is 40.2 Å². The van der Waals surface area contributed by atoms with Crippen molar-refractivity contribution in [2.24, 2.45) is 0 Å². The van der Waals surface area contributed by atoms with Gasteiger partial charge in [0.15, 0.2) is 29.1 Å². The van der Waals surface area contributed by atoms with E-state index in [0.29, 0.717) is 0 Å². The molecule has 3 rings (SSSR count). The van der Waals surface area contributed by atoms with Crippen molar-refractivity contribution in [2.75, 3.05) is 13.7 Å². The Kier molecular flexibility index (Phi) is 8.43. The van der Waals surface area contributed by atoms with Crippen LogP contribution in [0.3, 0.4) is 0 Å². The quantitative estimate of drug-likeness (QED) is 0.346. The fourth-order valence-corrected chi connectivity index (χ4v) is 3.67. The first-order valence-corrected chi connectivity index (χ1v) is 11.2. The molecule has 31 heavy (non-hydrogen) atoms. The van der Waals surface area contributed by atoms with Crippen molar-refractivity contribution in [2.45, 2.75) is 30.9 Å². The zero-order chi connectivity index (χ0) is 23.2. The normalized spacial score (nSPS) is 16.5. The number of benzene rings is 1. The summed E-state index contributed by atoms with van der Waals surface area (Å²) in [6.45, 7) is 1.56. The molecule has 1 fully saturated rings. The van der Waals surface area contributed by atoms with Gasteiger partial charge >= 0.3 is 11.6 Å². The van der Waals surface area contributed by atoms with Crippen molar-refractivity contribution >= 4 is 32.1 Å². The number of halogens is 4. The van der Waals surface area contributed by atoms with Gasteiger partial charge in [-0.15, -0.1) is 0 Å². The van der Waals surface area contributed by atoms with Crippen LogP contribution in [0, 0.1) is 0 Å². The molecule has 0 bridgehead atoms. The molecule has 1 saturated heterocycles. The average Bonchev–Trinajstić information content (AvgIpc) is 3.16. The number of hydrogen-bond donors (Lipinski definition) is 0. The minimum Gasteiger partial charge on any atom is -0.741 e. The van der Waals surface area contributed by atoms with E-state index in [1.54, 1.807) is 0 Å². The molecule has 1 aliphatic rings. The van der Waals surface area contributed by atoms with Gasteiger partial charge in [0.2, 0.25) is 0 Å². The second kappa shape index (κ2) is 10.4. The van der Waals surface area contributed by atoms with E-state index in [1.165, 1.54) is 12.7 Å². The number of amides is 1. The van der Waals surface area contributed by atoms with Crippen molar-refractivity contribution in [3.8, 4) is 0 Å². The molecule has 1 aromatic carbocycles. The predicted molar refractivity (Wildman–Crippen MR) is 107 cm³/mol. The maximum absolute atomic E-state index is 11.9. The van der Waals surface area contributed by atoms with Gasteiger partial charge in [-0.25, -0.2) is 13.2 Å². The molecular formula is C19H20BrF3N2O5S. The highest BCUT2D eigenvalue weighted by Crippen LogP contribution is 2.32. The number of aromatic nitrogens is 1. The van der Waals surface area contributed by atoms with E-state index < -0.39 is 15.6 Å². The summed E-state index contributed by atoms with van der Waals surface area (Å²) in [4.78, 5) is 13.8. The van der Waals surface area contributed by atoms with E-state index in [2.05, 4.69) is 51.1 Å². The highest BCUT2D eigenvalue weighted by molar-refractivity contribution is 9.10. The molecular weight excluding hydrogens is 505 g/mol. The lowest BCUT2D eigenvalue weighted by molar-refractivity contribution is -0.689. The van der Waals surface area contributed by atoms with Gasteiger partial charge in [0, 0.05) is 17.7 Å². The summed E-state index contributed by atoms with van der Waals surface area (Å²) < 4.78 is 67.0. The second-order valence-corrected chi connectivity index (χ2v) is 8.95. The Morgan fingerprint density at radius 2 is 1.90 bits per heavy atom. The third kappa shape index (κ3) is 7.18. The van der Waals surface area contributed by atoms with Crippen LogP contribution in [0.15, 0.2) is 53.3 Å². The zero-order valence-electron chi connectivity index (χ0n) is 16.4. The summed E-state index contributed by atoms with van der Waals surface area (Å²) in [5, 5.41) is 0. The van der Waals surface area contributed by atoms with Crippen LogP contribution in [0.2, 0.25) is 0 Å². The van der Waals surface area contributed by atoms with Gasteiger partial charge in [0.1, 0.15) is 0 Å². The molecule has 1 aliphatic heterocycles. The Bertz CT molecular complexity index is 1000. The molecule has 0 N–H and O–H groups in total. The minimum atomic E-state index is -6.09. The number of ether oxygens (including phenoxy) is 1. The molecule has 170 valence electrons. The number of alkyl halides is 3. The van der Waals surface area contributed by atoms with Crippen LogP contribution >= 0.6 is 15.9 Å². The Hall–Kier alpha value is -2.18. The number of rotatable bonds is 3. The van der Waals surface area contributed by atoms with E-state index in [-0.39, 0.29) is 12.1 Å². The van der Waals surface area contributed by atoms with E-state index in [0.717, 1.165) is 36.0 Å². The van der Waals surface area contributed by atoms with Crippen molar-refractivity contribution in [1.82, 2.24) is 4.90 Å². The lowest BCUT2D eigenvalue weighted by Gasteiger charge is -2.22. The summed E-state index contributed by atoms with van der Waals surface area (Å²) in [5.41, 5.74) is -3.26. The van der Waals surface area contributed by atoms with Crippen LogP contribution in [0.25, 0.3) is 0 Å². The SMILES string of the molecule is COC(=O)N1CCCC1c1cc(Br)c[n+](Cc2ccccc2)c1.O=S(=O)([O-])C(F)(F)F. The molecule has 1 amide bonds. The summed E-state index contributed by atoms with van der Waals surface area (Å²) in [5.74, 6) is 0.